The Kier molecular flexibility index (Phi) is 6.17. The second-order valence-electron chi connectivity index (χ2n) is 7.01. The second kappa shape index (κ2) is 8.78. The van der Waals surface area contributed by atoms with Crippen LogP contribution in [0, 0.1) is 13.8 Å². The van der Waals surface area contributed by atoms with E-state index in [9.17, 15) is 9.59 Å². The highest BCUT2D eigenvalue weighted by atomic mass is 16.2. The molecule has 0 saturated carbocycles. The predicted molar refractivity (Wildman–Crippen MR) is 117 cm³/mol. The topological polar surface area (TPSA) is 54.3 Å². The molecule has 3 rings (SSSR count). The minimum atomic E-state index is -0.204. The van der Waals surface area contributed by atoms with Gasteiger partial charge in [-0.2, -0.15) is 0 Å². The van der Waals surface area contributed by atoms with Crippen molar-refractivity contribution in [1.29, 1.82) is 0 Å². The molecule has 1 heterocycles. The van der Waals surface area contributed by atoms with Crippen molar-refractivity contribution in [2.75, 3.05) is 18.4 Å². The van der Waals surface area contributed by atoms with E-state index in [1.165, 1.54) is 0 Å². The molecular weight excluding hydrogens is 362 g/mol. The fourth-order valence-electron chi connectivity index (χ4n) is 3.46. The molecule has 0 atom stereocenters. The van der Waals surface area contributed by atoms with E-state index < -0.39 is 0 Å². The van der Waals surface area contributed by atoms with Crippen LogP contribution in [0.25, 0.3) is 5.69 Å². The van der Waals surface area contributed by atoms with E-state index >= 15 is 0 Å². The Balaban J connectivity index is 1.75. The number of nitrogens with one attached hydrogen (secondary N) is 1. The van der Waals surface area contributed by atoms with Crippen molar-refractivity contribution in [2.45, 2.75) is 27.7 Å². The molecule has 2 aromatic carbocycles. The smallest absolute Gasteiger partial charge is 0.255 e. The van der Waals surface area contributed by atoms with Crippen molar-refractivity contribution in [3.05, 3.63) is 83.2 Å². The molecule has 2 amide bonds. The van der Waals surface area contributed by atoms with Crippen molar-refractivity contribution in [2.24, 2.45) is 0 Å². The molecule has 29 heavy (non-hydrogen) atoms. The second-order valence-corrected chi connectivity index (χ2v) is 7.01. The monoisotopic (exact) mass is 389 g/mol. The van der Waals surface area contributed by atoms with E-state index in [1.807, 2.05) is 38.1 Å². The number of hydrogen-bond donors (Lipinski definition) is 1. The summed E-state index contributed by atoms with van der Waals surface area (Å²) in [6.07, 6.45) is 0. The first-order chi connectivity index (χ1) is 13.9. The normalized spacial score (nSPS) is 10.6. The number of anilines is 1. The van der Waals surface area contributed by atoms with Crippen LogP contribution in [0.3, 0.4) is 0 Å². The zero-order valence-corrected chi connectivity index (χ0v) is 17.4. The Morgan fingerprint density at radius 2 is 1.48 bits per heavy atom. The van der Waals surface area contributed by atoms with E-state index in [4.69, 9.17) is 0 Å². The molecule has 0 spiro atoms. The van der Waals surface area contributed by atoms with Crippen LogP contribution in [0.4, 0.5) is 5.69 Å². The molecule has 0 aliphatic rings. The van der Waals surface area contributed by atoms with Gasteiger partial charge in [0.15, 0.2) is 0 Å². The summed E-state index contributed by atoms with van der Waals surface area (Å²) in [7, 11) is 0. The lowest BCUT2D eigenvalue weighted by Gasteiger charge is -2.19. The lowest BCUT2D eigenvalue weighted by Crippen LogP contribution is -2.30. The number of aryl methyl sites for hydroxylation is 2. The van der Waals surface area contributed by atoms with Crippen LogP contribution >= 0.6 is 0 Å². The number of amides is 2. The number of carbonyl (C=O) groups is 2. The zero-order valence-electron chi connectivity index (χ0n) is 17.4. The fourth-order valence-corrected chi connectivity index (χ4v) is 3.46. The van der Waals surface area contributed by atoms with Gasteiger partial charge in [-0.05, 0) is 82.3 Å². The summed E-state index contributed by atoms with van der Waals surface area (Å²) in [5.74, 6) is -0.238. The maximum absolute atomic E-state index is 12.7. The minimum Gasteiger partial charge on any atom is -0.339 e. The third-order valence-electron chi connectivity index (χ3n) is 5.08. The molecule has 3 aromatic rings. The number of benzene rings is 2. The van der Waals surface area contributed by atoms with E-state index in [-0.39, 0.29) is 11.8 Å². The van der Waals surface area contributed by atoms with E-state index in [0.717, 1.165) is 17.1 Å². The van der Waals surface area contributed by atoms with Gasteiger partial charge < -0.3 is 14.8 Å². The minimum absolute atomic E-state index is 0.0343. The lowest BCUT2D eigenvalue weighted by molar-refractivity contribution is 0.0772. The lowest BCUT2D eigenvalue weighted by atomic mass is 10.1. The van der Waals surface area contributed by atoms with Gasteiger partial charge in [-0.1, -0.05) is 6.07 Å². The molecule has 0 fully saturated rings. The van der Waals surface area contributed by atoms with Crippen molar-refractivity contribution in [1.82, 2.24) is 9.47 Å². The summed E-state index contributed by atoms with van der Waals surface area (Å²) in [6.45, 7) is 9.32. The van der Waals surface area contributed by atoms with Gasteiger partial charge in [-0.15, -0.1) is 0 Å². The van der Waals surface area contributed by atoms with Crippen molar-refractivity contribution in [3.63, 3.8) is 0 Å². The van der Waals surface area contributed by atoms with Gasteiger partial charge in [-0.3, -0.25) is 9.59 Å². The largest absolute Gasteiger partial charge is 0.339 e. The SMILES string of the molecule is CCN(CC)C(=O)c1cccc(NC(=O)c2ccc(-n3c(C)ccc3C)cc2)c1. The van der Waals surface area contributed by atoms with Gasteiger partial charge in [0.05, 0.1) is 0 Å². The molecule has 150 valence electrons. The van der Waals surface area contributed by atoms with Crippen molar-refractivity contribution >= 4 is 17.5 Å². The van der Waals surface area contributed by atoms with Gasteiger partial charge >= 0.3 is 0 Å². The Morgan fingerprint density at radius 1 is 0.862 bits per heavy atom. The number of carbonyl (C=O) groups excluding carboxylic acids is 2. The summed E-state index contributed by atoms with van der Waals surface area (Å²) < 4.78 is 2.14. The van der Waals surface area contributed by atoms with Crippen molar-refractivity contribution in [3.8, 4) is 5.69 Å². The average Bonchev–Trinajstić information content (AvgIpc) is 3.07. The third kappa shape index (κ3) is 4.40. The van der Waals surface area contributed by atoms with Crippen molar-refractivity contribution < 1.29 is 9.59 Å². The quantitative estimate of drug-likeness (QED) is 0.657. The molecule has 0 radical (unpaired) electrons. The molecule has 0 aliphatic heterocycles. The average molecular weight is 389 g/mol. The first kappa shape index (κ1) is 20.4. The van der Waals surface area contributed by atoms with Crippen LogP contribution in [0.5, 0.6) is 0 Å². The number of aromatic nitrogens is 1. The maximum Gasteiger partial charge on any atom is 0.255 e. The van der Waals surface area contributed by atoms with Crippen LogP contribution < -0.4 is 5.32 Å². The molecule has 0 aliphatic carbocycles. The zero-order chi connectivity index (χ0) is 21.0. The number of hydrogen-bond acceptors (Lipinski definition) is 2. The molecule has 1 N–H and O–H groups in total. The highest BCUT2D eigenvalue weighted by Gasteiger charge is 2.14. The Labute approximate surface area is 172 Å². The number of rotatable bonds is 6. The molecule has 5 nitrogen and oxygen atoms in total. The third-order valence-corrected chi connectivity index (χ3v) is 5.08. The summed E-state index contributed by atoms with van der Waals surface area (Å²) in [5.41, 5.74) is 5.06. The standard InChI is InChI=1S/C24H27N3O2/c1-5-26(6-2)24(29)20-8-7-9-21(16-20)25-23(28)19-12-14-22(15-13-19)27-17(3)10-11-18(27)4/h7-16H,5-6H2,1-4H3,(H,25,28). The van der Waals surface area contributed by atoms with Gasteiger partial charge in [0.2, 0.25) is 0 Å². The van der Waals surface area contributed by atoms with Crippen LogP contribution in [-0.2, 0) is 0 Å². The summed E-state index contributed by atoms with van der Waals surface area (Å²) in [4.78, 5) is 26.9. The van der Waals surface area contributed by atoms with E-state index in [0.29, 0.717) is 29.9 Å². The molecule has 0 bridgehead atoms. The van der Waals surface area contributed by atoms with Gasteiger partial charge in [-0.25, -0.2) is 0 Å². The Bertz CT molecular complexity index is 995. The summed E-state index contributed by atoms with van der Waals surface area (Å²) >= 11 is 0. The first-order valence-corrected chi connectivity index (χ1v) is 9.90. The predicted octanol–water partition coefficient (Wildman–Crippen LogP) is 4.83. The highest BCUT2D eigenvalue weighted by molar-refractivity contribution is 6.05. The van der Waals surface area contributed by atoms with Crippen LogP contribution in [0.2, 0.25) is 0 Å². The molecule has 0 unspecified atom stereocenters. The molecule has 0 saturated heterocycles. The van der Waals surface area contributed by atoms with Crippen LogP contribution in [0.1, 0.15) is 46.0 Å². The fraction of sp³-hybridized carbons (Fsp3) is 0.250. The first-order valence-electron chi connectivity index (χ1n) is 9.90. The Hall–Kier alpha value is -3.34. The number of nitrogens with zero attached hydrogens (tertiary/aromatic N) is 2. The van der Waals surface area contributed by atoms with Crippen LogP contribution in [-0.4, -0.2) is 34.4 Å². The molecule has 1 aromatic heterocycles. The Morgan fingerprint density at radius 3 is 2.07 bits per heavy atom. The van der Waals surface area contributed by atoms with Gasteiger partial charge in [0, 0.05) is 47.0 Å². The van der Waals surface area contributed by atoms with E-state index in [1.54, 1.807) is 29.2 Å². The summed E-state index contributed by atoms with van der Waals surface area (Å²) in [5, 5.41) is 2.89. The highest BCUT2D eigenvalue weighted by Crippen LogP contribution is 2.18. The summed E-state index contributed by atoms with van der Waals surface area (Å²) in [6, 6.07) is 18.7. The molecular formula is C24H27N3O2. The maximum atomic E-state index is 12.7. The van der Waals surface area contributed by atoms with E-state index in [2.05, 4.69) is 35.9 Å². The van der Waals surface area contributed by atoms with Crippen LogP contribution in [0.15, 0.2) is 60.7 Å². The van der Waals surface area contributed by atoms with Gasteiger partial charge in [0.1, 0.15) is 0 Å². The molecule has 5 heteroatoms. The van der Waals surface area contributed by atoms with Gasteiger partial charge in [0.25, 0.3) is 11.8 Å².